The van der Waals surface area contributed by atoms with E-state index in [1.165, 1.54) is 16.0 Å². The average Bonchev–Trinajstić information content (AvgIpc) is 3.24. The molecule has 0 aliphatic carbocycles. The van der Waals surface area contributed by atoms with Gasteiger partial charge in [-0.1, -0.05) is 37.3 Å². The van der Waals surface area contributed by atoms with Gasteiger partial charge in [-0.15, -0.1) is 11.3 Å². The van der Waals surface area contributed by atoms with Gasteiger partial charge in [0.15, 0.2) is 5.96 Å². The summed E-state index contributed by atoms with van der Waals surface area (Å²) in [6, 6.07) is 12.3. The fraction of sp³-hybridized carbons (Fsp3) is 0.478. The number of benzene rings is 1. The van der Waals surface area contributed by atoms with E-state index in [4.69, 9.17) is 4.74 Å². The molecule has 1 aromatic heterocycles. The fourth-order valence-corrected chi connectivity index (χ4v) is 4.30. The van der Waals surface area contributed by atoms with E-state index in [9.17, 15) is 4.79 Å². The van der Waals surface area contributed by atoms with Gasteiger partial charge in [0, 0.05) is 44.5 Å². The summed E-state index contributed by atoms with van der Waals surface area (Å²) < 4.78 is 5.80. The molecule has 30 heavy (non-hydrogen) atoms. The number of carbonyl (C=O) groups is 1. The molecule has 1 aliphatic rings. The number of fused-ring (bicyclic) bond motifs is 1. The van der Waals surface area contributed by atoms with Gasteiger partial charge in [-0.25, -0.2) is 0 Å². The van der Waals surface area contributed by atoms with Gasteiger partial charge in [0.1, 0.15) is 0 Å². The largest absolute Gasteiger partial charge is 0.376 e. The first-order valence-corrected chi connectivity index (χ1v) is 11.4. The summed E-state index contributed by atoms with van der Waals surface area (Å²) in [4.78, 5) is 20.1. The van der Waals surface area contributed by atoms with Crippen molar-refractivity contribution >= 4 is 23.2 Å². The van der Waals surface area contributed by atoms with Crippen LogP contribution >= 0.6 is 11.3 Å². The van der Waals surface area contributed by atoms with Gasteiger partial charge in [-0.2, -0.15) is 0 Å². The van der Waals surface area contributed by atoms with Crippen LogP contribution in [0.3, 0.4) is 0 Å². The van der Waals surface area contributed by atoms with Crippen molar-refractivity contribution in [1.82, 2.24) is 15.5 Å². The Balaban J connectivity index is 1.29. The average molecular weight is 429 g/mol. The van der Waals surface area contributed by atoms with Crippen molar-refractivity contribution in [2.45, 2.75) is 32.9 Å². The van der Waals surface area contributed by atoms with Crippen LogP contribution in [0, 0.1) is 5.92 Å². The highest BCUT2D eigenvalue weighted by atomic mass is 32.1. The molecule has 1 aromatic carbocycles. The van der Waals surface area contributed by atoms with Crippen molar-refractivity contribution < 1.29 is 9.53 Å². The molecule has 0 saturated carbocycles. The molecular weight excluding hydrogens is 396 g/mol. The quantitative estimate of drug-likeness (QED) is 0.476. The molecule has 0 radical (unpaired) electrons. The third-order valence-electron chi connectivity index (χ3n) is 5.15. The van der Waals surface area contributed by atoms with E-state index in [-0.39, 0.29) is 5.91 Å². The van der Waals surface area contributed by atoms with Crippen molar-refractivity contribution in [3.8, 4) is 0 Å². The van der Waals surface area contributed by atoms with E-state index >= 15 is 0 Å². The Hall–Kier alpha value is -2.38. The summed E-state index contributed by atoms with van der Waals surface area (Å²) in [5, 5.41) is 8.67. The second-order valence-electron chi connectivity index (χ2n) is 7.67. The second kappa shape index (κ2) is 11.7. The Kier molecular flexibility index (Phi) is 8.71. The van der Waals surface area contributed by atoms with Crippen LogP contribution in [0.2, 0.25) is 0 Å². The Morgan fingerprint density at radius 1 is 1.27 bits per heavy atom. The van der Waals surface area contributed by atoms with Crippen molar-refractivity contribution in [2.24, 2.45) is 10.9 Å². The van der Waals surface area contributed by atoms with E-state index < -0.39 is 0 Å². The molecule has 1 amide bonds. The predicted octanol–water partition coefficient (Wildman–Crippen LogP) is 3.04. The number of hydrogen-bond acceptors (Lipinski definition) is 4. The van der Waals surface area contributed by atoms with Gasteiger partial charge >= 0.3 is 0 Å². The molecule has 0 saturated heterocycles. The third-order valence-corrected chi connectivity index (χ3v) is 6.17. The Labute approximate surface area is 183 Å². The van der Waals surface area contributed by atoms with Crippen LogP contribution in [-0.2, 0) is 29.1 Å². The number of ether oxygens (including phenoxy) is 1. The lowest BCUT2D eigenvalue weighted by Crippen LogP contribution is -2.42. The molecular formula is C23H32N4O2S. The van der Waals surface area contributed by atoms with Crippen molar-refractivity contribution in [1.29, 1.82) is 0 Å². The normalized spacial score (nSPS) is 14.9. The van der Waals surface area contributed by atoms with Crippen LogP contribution in [0.5, 0.6) is 0 Å². The number of aliphatic imine (C=N–C) groups is 1. The van der Waals surface area contributed by atoms with Crippen LogP contribution in [0.1, 0.15) is 29.3 Å². The van der Waals surface area contributed by atoms with Gasteiger partial charge in [0.2, 0.25) is 5.91 Å². The zero-order chi connectivity index (χ0) is 21.2. The lowest BCUT2D eigenvalue weighted by Gasteiger charge is -2.27. The first-order chi connectivity index (χ1) is 14.7. The number of rotatable bonds is 9. The monoisotopic (exact) mass is 428 g/mol. The zero-order valence-corrected chi connectivity index (χ0v) is 18.7. The number of nitrogens with one attached hydrogen (secondary N) is 2. The zero-order valence-electron chi connectivity index (χ0n) is 17.9. The molecule has 1 atom stereocenters. The molecule has 6 nitrogen and oxygen atoms in total. The lowest BCUT2D eigenvalue weighted by atomic mass is 10.1. The Bertz CT molecular complexity index is 822. The molecule has 0 spiro atoms. The summed E-state index contributed by atoms with van der Waals surface area (Å²) in [6.07, 6.45) is 1.44. The van der Waals surface area contributed by atoms with E-state index in [0.29, 0.717) is 32.1 Å². The molecule has 7 heteroatoms. The summed E-state index contributed by atoms with van der Waals surface area (Å²) in [6.45, 7) is 6.34. The predicted molar refractivity (Wildman–Crippen MR) is 123 cm³/mol. The SMILES string of the molecule is CN=C(NCCC(=O)N1CCc2sccc2C1)NCC(C)COCc1ccccc1. The third kappa shape index (κ3) is 6.85. The standard InChI is InChI=1S/C23H32N4O2S/c1-18(16-29-17-19-6-4-3-5-7-19)14-26-23(24-2)25-11-8-22(28)27-12-9-21-20(15-27)10-13-30-21/h3-7,10,13,18H,8-9,11-12,14-17H2,1-2H3,(H2,24,25,26). The van der Waals surface area contributed by atoms with Crippen LogP contribution in [-0.4, -0.2) is 50.1 Å². The minimum Gasteiger partial charge on any atom is -0.376 e. The second-order valence-corrected chi connectivity index (χ2v) is 8.67. The van der Waals surface area contributed by atoms with Gasteiger partial charge < -0.3 is 20.3 Å². The highest BCUT2D eigenvalue weighted by Crippen LogP contribution is 2.24. The maximum atomic E-state index is 12.5. The van der Waals surface area contributed by atoms with E-state index in [0.717, 1.165) is 32.0 Å². The van der Waals surface area contributed by atoms with Gasteiger partial charge in [-0.3, -0.25) is 9.79 Å². The minimum absolute atomic E-state index is 0.192. The van der Waals surface area contributed by atoms with E-state index in [1.54, 1.807) is 18.4 Å². The summed E-state index contributed by atoms with van der Waals surface area (Å²) in [7, 11) is 1.75. The molecule has 1 aliphatic heterocycles. The Morgan fingerprint density at radius 3 is 2.90 bits per heavy atom. The molecule has 2 N–H and O–H groups in total. The van der Waals surface area contributed by atoms with Gasteiger partial charge in [0.25, 0.3) is 0 Å². The van der Waals surface area contributed by atoms with Gasteiger partial charge in [-0.05, 0) is 34.9 Å². The molecule has 3 rings (SSSR count). The maximum Gasteiger partial charge on any atom is 0.224 e. The molecule has 0 fully saturated rings. The maximum absolute atomic E-state index is 12.5. The first-order valence-electron chi connectivity index (χ1n) is 10.5. The molecule has 162 valence electrons. The van der Waals surface area contributed by atoms with Crippen LogP contribution < -0.4 is 10.6 Å². The van der Waals surface area contributed by atoms with Gasteiger partial charge in [0.05, 0.1) is 13.2 Å². The topological polar surface area (TPSA) is 66.0 Å². The summed E-state index contributed by atoms with van der Waals surface area (Å²) in [5.41, 5.74) is 2.48. The number of guanidine groups is 1. The number of hydrogen-bond donors (Lipinski definition) is 2. The number of carbonyl (C=O) groups excluding carboxylic acids is 1. The number of thiophene rings is 1. The van der Waals surface area contributed by atoms with E-state index in [1.807, 2.05) is 23.1 Å². The molecule has 2 heterocycles. The van der Waals surface area contributed by atoms with Crippen molar-refractivity contribution in [3.63, 3.8) is 0 Å². The smallest absolute Gasteiger partial charge is 0.224 e. The highest BCUT2D eigenvalue weighted by Gasteiger charge is 2.21. The van der Waals surface area contributed by atoms with Crippen molar-refractivity contribution in [2.75, 3.05) is 33.3 Å². The Morgan fingerprint density at radius 2 is 2.10 bits per heavy atom. The fourth-order valence-electron chi connectivity index (χ4n) is 3.41. The van der Waals surface area contributed by atoms with Crippen molar-refractivity contribution in [3.05, 3.63) is 57.8 Å². The first kappa shape index (κ1) is 22.3. The molecule has 1 unspecified atom stereocenters. The minimum atomic E-state index is 0.192. The highest BCUT2D eigenvalue weighted by molar-refractivity contribution is 7.10. The summed E-state index contributed by atoms with van der Waals surface area (Å²) in [5.74, 6) is 1.26. The molecule has 2 aromatic rings. The van der Waals surface area contributed by atoms with Crippen LogP contribution in [0.4, 0.5) is 0 Å². The number of nitrogens with zero attached hydrogens (tertiary/aromatic N) is 2. The summed E-state index contributed by atoms with van der Waals surface area (Å²) >= 11 is 1.79. The molecule has 0 bridgehead atoms. The lowest BCUT2D eigenvalue weighted by molar-refractivity contribution is -0.131. The van der Waals surface area contributed by atoms with Crippen LogP contribution in [0.15, 0.2) is 46.8 Å². The number of amides is 1. The van der Waals surface area contributed by atoms with Crippen LogP contribution in [0.25, 0.3) is 0 Å². The van der Waals surface area contributed by atoms with E-state index in [2.05, 4.69) is 46.1 Å².